The molecule has 5 heteroatoms. The van der Waals surface area contributed by atoms with Crippen LogP contribution in [0.25, 0.3) is 0 Å². The second-order valence-electron chi connectivity index (χ2n) is 4.24. The maximum Gasteiger partial charge on any atom is 0.203 e. The average Bonchev–Trinajstić information content (AvgIpc) is 2.46. The standard InChI is InChI=1S/C15H23NO4/c1-6-7-16-10-11(2)20-12-8-13(17-3)15(19-5)14(9-12)18-4/h6,8-9,11,16H,1,7,10H2,2-5H3. The summed E-state index contributed by atoms with van der Waals surface area (Å²) >= 11 is 0. The zero-order chi connectivity index (χ0) is 15.0. The third-order valence-corrected chi connectivity index (χ3v) is 2.70. The molecule has 0 bridgehead atoms. The first-order valence-electron chi connectivity index (χ1n) is 6.44. The molecular formula is C15H23NO4. The Morgan fingerprint density at radius 2 is 1.75 bits per heavy atom. The number of benzene rings is 1. The van der Waals surface area contributed by atoms with Gasteiger partial charge in [0.25, 0.3) is 0 Å². The fourth-order valence-corrected chi connectivity index (χ4v) is 1.79. The van der Waals surface area contributed by atoms with Crippen molar-refractivity contribution >= 4 is 0 Å². The van der Waals surface area contributed by atoms with E-state index in [0.717, 1.165) is 13.1 Å². The fraction of sp³-hybridized carbons (Fsp3) is 0.467. The fourth-order valence-electron chi connectivity index (χ4n) is 1.79. The van der Waals surface area contributed by atoms with E-state index >= 15 is 0 Å². The molecule has 1 aromatic carbocycles. The minimum absolute atomic E-state index is 0.0118. The molecule has 0 aliphatic rings. The first-order chi connectivity index (χ1) is 9.65. The maximum atomic E-state index is 5.83. The van der Waals surface area contributed by atoms with Gasteiger partial charge in [0.1, 0.15) is 11.9 Å². The Kier molecular flexibility index (Phi) is 6.73. The van der Waals surface area contributed by atoms with Crippen molar-refractivity contribution in [2.45, 2.75) is 13.0 Å². The molecule has 0 spiro atoms. The summed E-state index contributed by atoms with van der Waals surface area (Å²) < 4.78 is 21.7. The lowest BCUT2D eigenvalue weighted by atomic mass is 10.2. The summed E-state index contributed by atoms with van der Waals surface area (Å²) in [7, 11) is 4.73. The summed E-state index contributed by atoms with van der Waals surface area (Å²) in [5.74, 6) is 2.38. The lowest BCUT2D eigenvalue weighted by molar-refractivity contribution is 0.216. The molecule has 0 aliphatic carbocycles. The molecule has 112 valence electrons. The predicted molar refractivity (Wildman–Crippen MR) is 79.3 cm³/mol. The Labute approximate surface area is 120 Å². The molecule has 1 atom stereocenters. The number of hydrogen-bond donors (Lipinski definition) is 1. The summed E-state index contributed by atoms with van der Waals surface area (Å²) in [5.41, 5.74) is 0. The first kappa shape index (κ1) is 16.2. The summed E-state index contributed by atoms with van der Waals surface area (Å²) in [5, 5.41) is 3.20. The molecule has 0 amide bonds. The second-order valence-corrected chi connectivity index (χ2v) is 4.24. The van der Waals surface area contributed by atoms with Gasteiger partial charge in [0.05, 0.1) is 21.3 Å². The first-order valence-corrected chi connectivity index (χ1v) is 6.44. The highest BCUT2D eigenvalue weighted by Crippen LogP contribution is 2.40. The van der Waals surface area contributed by atoms with Gasteiger partial charge in [0, 0.05) is 25.2 Å². The lowest BCUT2D eigenvalue weighted by Gasteiger charge is -2.18. The van der Waals surface area contributed by atoms with Gasteiger partial charge < -0.3 is 24.3 Å². The van der Waals surface area contributed by atoms with Gasteiger partial charge in [0.2, 0.25) is 5.75 Å². The highest BCUT2D eigenvalue weighted by atomic mass is 16.5. The van der Waals surface area contributed by atoms with Crippen LogP contribution in [0.2, 0.25) is 0 Å². The van der Waals surface area contributed by atoms with Crippen LogP contribution in [0, 0.1) is 0 Å². The molecule has 1 unspecified atom stereocenters. The van der Waals surface area contributed by atoms with Crippen LogP contribution in [0.15, 0.2) is 24.8 Å². The Bertz CT molecular complexity index is 409. The maximum absolute atomic E-state index is 5.83. The van der Waals surface area contributed by atoms with E-state index in [-0.39, 0.29) is 6.10 Å². The topological polar surface area (TPSA) is 49.0 Å². The van der Waals surface area contributed by atoms with Crippen molar-refractivity contribution in [1.29, 1.82) is 0 Å². The van der Waals surface area contributed by atoms with Crippen molar-refractivity contribution in [3.8, 4) is 23.0 Å². The van der Waals surface area contributed by atoms with Crippen LogP contribution in [0.5, 0.6) is 23.0 Å². The summed E-state index contributed by atoms with van der Waals surface area (Å²) in [6.07, 6.45) is 1.82. The van der Waals surface area contributed by atoms with E-state index in [1.165, 1.54) is 0 Å². The molecule has 1 aromatic rings. The molecule has 0 fully saturated rings. The van der Waals surface area contributed by atoms with Crippen molar-refractivity contribution in [2.75, 3.05) is 34.4 Å². The van der Waals surface area contributed by atoms with Gasteiger partial charge in [-0.15, -0.1) is 6.58 Å². The summed E-state index contributed by atoms with van der Waals surface area (Å²) in [6, 6.07) is 3.57. The van der Waals surface area contributed by atoms with Crippen LogP contribution in [0.4, 0.5) is 0 Å². The summed E-state index contributed by atoms with van der Waals surface area (Å²) in [4.78, 5) is 0. The van der Waals surface area contributed by atoms with E-state index in [1.54, 1.807) is 33.5 Å². The smallest absolute Gasteiger partial charge is 0.203 e. The Balaban J connectivity index is 2.82. The third kappa shape index (κ3) is 4.35. The van der Waals surface area contributed by atoms with Crippen molar-refractivity contribution in [2.24, 2.45) is 0 Å². The average molecular weight is 281 g/mol. The largest absolute Gasteiger partial charge is 0.493 e. The van der Waals surface area contributed by atoms with Gasteiger partial charge in [-0.05, 0) is 6.92 Å². The van der Waals surface area contributed by atoms with Crippen molar-refractivity contribution in [3.63, 3.8) is 0 Å². The van der Waals surface area contributed by atoms with Crippen LogP contribution < -0.4 is 24.3 Å². The van der Waals surface area contributed by atoms with Crippen molar-refractivity contribution in [3.05, 3.63) is 24.8 Å². The Morgan fingerprint density at radius 3 is 2.20 bits per heavy atom. The molecule has 0 aliphatic heterocycles. The van der Waals surface area contributed by atoms with Crippen LogP contribution in [0.1, 0.15) is 6.92 Å². The van der Waals surface area contributed by atoms with Gasteiger partial charge in [0.15, 0.2) is 11.5 Å². The molecule has 5 nitrogen and oxygen atoms in total. The molecule has 0 radical (unpaired) electrons. The number of hydrogen-bond acceptors (Lipinski definition) is 5. The van der Waals surface area contributed by atoms with E-state index in [2.05, 4.69) is 11.9 Å². The number of rotatable bonds is 9. The number of methoxy groups -OCH3 is 3. The SMILES string of the molecule is C=CCNCC(C)Oc1cc(OC)c(OC)c(OC)c1. The molecule has 20 heavy (non-hydrogen) atoms. The van der Waals surface area contributed by atoms with Gasteiger partial charge in [-0.25, -0.2) is 0 Å². The normalized spacial score (nSPS) is 11.6. The van der Waals surface area contributed by atoms with E-state index in [1.807, 2.05) is 13.0 Å². The molecule has 0 heterocycles. The monoisotopic (exact) mass is 281 g/mol. The van der Waals surface area contributed by atoms with Crippen LogP contribution in [-0.4, -0.2) is 40.5 Å². The van der Waals surface area contributed by atoms with Crippen LogP contribution in [0.3, 0.4) is 0 Å². The third-order valence-electron chi connectivity index (χ3n) is 2.70. The molecule has 0 aromatic heterocycles. The van der Waals surface area contributed by atoms with Gasteiger partial charge in [-0.1, -0.05) is 6.08 Å². The van der Waals surface area contributed by atoms with Gasteiger partial charge in [-0.2, -0.15) is 0 Å². The van der Waals surface area contributed by atoms with E-state index in [9.17, 15) is 0 Å². The van der Waals surface area contributed by atoms with Crippen LogP contribution >= 0.6 is 0 Å². The summed E-state index contributed by atoms with van der Waals surface area (Å²) in [6.45, 7) is 7.12. The number of nitrogens with one attached hydrogen (secondary N) is 1. The quantitative estimate of drug-likeness (QED) is 0.556. The molecule has 1 rings (SSSR count). The molecular weight excluding hydrogens is 258 g/mol. The van der Waals surface area contributed by atoms with Crippen molar-refractivity contribution in [1.82, 2.24) is 5.32 Å². The lowest BCUT2D eigenvalue weighted by Crippen LogP contribution is -2.28. The Morgan fingerprint density at radius 1 is 1.15 bits per heavy atom. The van der Waals surface area contributed by atoms with Gasteiger partial charge in [-0.3, -0.25) is 0 Å². The van der Waals surface area contributed by atoms with Gasteiger partial charge >= 0.3 is 0 Å². The molecule has 0 saturated carbocycles. The minimum Gasteiger partial charge on any atom is -0.493 e. The number of ether oxygens (including phenoxy) is 4. The van der Waals surface area contributed by atoms with E-state index in [4.69, 9.17) is 18.9 Å². The highest BCUT2D eigenvalue weighted by Gasteiger charge is 2.15. The van der Waals surface area contributed by atoms with Crippen molar-refractivity contribution < 1.29 is 18.9 Å². The predicted octanol–water partition coefficient (Wildman–Crippen LogP) is 2.26. The minimum atomic E-state index is 0.0118. The Hall–Kier alpha value is -1.88. The zero-order valence-corrected chi connectivity index (χ0v) is 12.6. The van der Waals surface area contributed by atoms with E-state index < -0.39 is 0 Å². The van der Waals surface area contributed by atoms with E-state index in [0.29, 0.717) is 23.0 Å². The second kappa shape index (κ2) is 8.32. The van der Waals surface area contributed by atoms with Crippen LogP contribution in [-0.2, 0) is 0 Å². The molecule has 0 saturated heterocycles. The zero-order valence-electron chi connectivity index (χ0n) is 12.6. The molecule has 1 N–H and O–H groups in total. The highest BCUT2D eigenvalue weighted by molar-refractivity contribution is 5.55.